The average molecular weight is 402 g/mol. The third-order valence-electron chi connectivity index (χ3n) is 3.63. The molecule has 28 heavy (non-hydrogen) atoms. The quantitative estimate of drug-likeness (QED) is 0.365. The van der Waals surface area contributed by atoms with Gasteiger partial charge >= 0.3 is 6.16 Å². The van der Waals surface area contributed by atoms with Crippen molar-refractivity contribution in [1.29, 1.82) is 0 Å². The molecule has 10 heteroatoms. The third-order valence-corrected chi connectivity index (χ3v) is 3.94. The van der Waals surface area contributed by atoms with E-state index in [9.17, 15) is 14.9 Å². The Hall–Kier alpha value is -3.72. The lowest BCUT2D eigenvalue weighted by Gasteiger charge is -2.11. The summed E-state index contributed by atoms with van der Waals surface area (Å²) in [6.45, 7) is 1.61. The molecule has 2 aromatic carbocycles. The molecule has 0 aliphatic heterocycles. The van der Waals surface area contributed by atoms with E-state index in [1.165, 1.54) is 6.07 Å². The first kappa shape index (κ1) is 19.1. The summed E-state index contributed by atoms with van der Waals surface area (Å²) in [6.07, 6.45) is -0.472. The van der Waals surface area contributed by atoms with E-state index in [2.05, 4.69) is 14.7 Å². The van der Waals surface area contributed by atoms with Gasteiger partial charge in [0.1, 0.15) is 5.75 Å². The second kappa shape index (κ2) is 7.89. The maximum atomic E-state index is 11.2. The fourth-order valence-corrected chi connectivity index (χ4v) is 2.48. The molecule has 142 valence electrons. The molecule has 1 heterocycles. The number of para-hydroxylation sites is 1. The van der Waals surface area contributed by atoms with Gasteiger partial charge in [-0.25, -0.2) is 9.78 Å². The number of aryl methyl sites for hydroxylation is 1. The number of benzene rings is 2. The van der Waals surface area contributed by atoms with E-state index in [0.717, 1.165) is 6.20 Å². The summed E-state index contributed by atoms with van der Waals surface area (Å²) < 4.78 is 10.2. The molecule has 0 amide bonds. The van der Waals surface area contributed by atoms with E-state index in [1.807, 2.05) is 0 Å². The van der Waals surface area contributed by atoms with Crippen LogP contribution in [0.4, 0.5) is 10.5 Å². The molecule has 0 aliphatic carbocycles. The predicted molar refractivity (Wildman–Crippen MR) is 99.0 cm³/mol. The van der Waals surface area contributed by atoms with E-state index < -0.39 is 11.1 Å². The Morgan fingerprint density at radius 1 is 1.21 bits per heavy atom. The summed E-state index contributed by atoms with van der Waals surface area (Å²) in [5.41, 5.74) is 0.732. The summed E-state index contributed by atoms with van der Waals surface area (Å²) in [4.78, 5) is 29.8. The maximum absolute atomic E-state index is 11.2. The molecule has 9 nitrogen and oxygen atoms in total. The Morgan fingerprint density at radius 3 is 2.64 bits per heavy atom. The molecule has 1 N–H and O–H groups in total. The summed E-state index contributed by atoms with van der Waals surface area (Å²) in [5.74, 6) is -0.150. The number of carboxylic acid groups (broad SMARTS) is 1. The zero-order valence-corrected chi connectivity index (χ0v) is 15.1. The monoisotopic (exact) mass is 401 g/mol. The number of aromatic nitrogens is 2. The van der Waals surface area contributed by atoms with Crippen molar-refractivity contribution in [3.05, 3.63) is 69.4 Å². The lowest BCUT2D eigenvalue weighted by Crippen LogP contribution is -2.06. The van der Waals surface area contributed by atoms with Crippen LogP contribution in [0.3, 0.4) is 0 Å². The molecule has 0 spiro atoms. The Morgan fingerprint density at radius 2 is 1.96 bits per heavy atom. The minimum Gasteiger partial charge on any atom is -0.449 e. The van der Waals surface area contributed by atoms with Gasteiger partial charge in [0.25, 0.3) is 11.6 Å². The molecular weight excluding hydrogens is 390 g/mol. The Kier molecular flexibility index (Phi) is 5.37. The first-order valence-electron chi connectivity index (χ1n) is 7.81. The molecule has 0 radical (unpaired) electrons. The SMILES string of the molecule is Cc1ccc(-c2ncc(OC(=O)O)c(Oc3ccccc3Cl)n2)cc1[N+](=O)[O-]. The van der Waals surface area contributed by atoms with Crippen molar-refractivity contribution in [2.45, 2.75) is 6.92 Å². The van der Waals surface area contributed by atoms with E-state index in [4.69, 9.17) is 21.4 Å². The van der Waals surface area contributed by atoms with Crippen LogP contribution in [0.2, 0.25) is 5.02 Å². The van der Waals surface area contributed by atoms with E-state index >= 15 is 0 Å². The molecule has 3 rings (SSSR count). The number of carbonyl (C=O) groups is 1. The van der Waals surface area contributed by atoms with Crippen molar-refractivity contribution < 1.29 is 24.3 Å². The molecule has 0 aliphatic rings. The highest BCUT2D eigenvalue weighted by molar-refractivity contribution is 6.32. The lowest BCUT2D eigenvalue weighted by atomic mass is 10.1. The number of ether oxygens (including phenoxy) is 2. The lowest BCUT2D eigenvalue weighted by molar-refractivity contribution is -0.385. The van der Waals surface area contributed by atoms with E-state index in [1.54, 1.807) is 43.3 Å². The number of nitro benzene ring substituents is 1. The van der Waals surface area contributed by atoms with Crippen LogP contribution in [0.5, 0.6) is 17.4 Å². The predicted octanol–water partition coefficient (Wildman–Crippen LogP) is 4.86. The molecule has 0 saturated carbocycles. The highest BCUT2D eigenvalue weighted by atomic mass is 35.5. The van der Waals surface area contributed by atoms with Crippen molar-refractivity contribution >= 4 is 23.4 Å². The first-order valence-corrected chi connectivity index (χ1v) is 8.18. The molecule has 3 aromatic rings. The van der Waals surface area contributed by atoms with Crippen LogP contribution < -0.4 is 9.47 Å². The summed E-state index contributed by atoms with van der Waals surface area (Å²) in [6, 6.07) is 11.0. The van der Waals surface area contributed by atoms with Gasteiger partial charge in [0.15, 0.2) is 5.82 Å². The third kappa shape index (κ3) is 4.15. The van der Waals surface area contributed by atoms with Crippen LogP contribution in [0.15, 0.2) is 48.7 Å². The van der Waals surface area contributed by atoms with Crippen molar-refractivity contribution in [2.24, 2.45) is 0 Å². The number of hydrogen-bond donors (Lipinski definition) is 1. The topological polar surface area (TPSA) is 125 Å². The van der Waals surface area contributed by atoms with Gasteiger partial charge in [0.2, 0.25) is 5.75 Å². The van der Waals surface area contributed by atoms with Crippen LogP contribution in [0.25, 0.3) is 11.4 Å². The highest BCUT2D eigenvalue weighted by Gasteiger charge is 2.18. The van der Waals surface area contributed by atoms with Gasteiger partial charge in [-0.2, -0.15) is 4.98 Å². The minimum atomic E-state index is -1.58. The minimum absolute atomic E-state index is 0.0860. The number of rotatable bonds is 5. The molecule has 0 saturated heterocycles. The number of hydrogen-bond acceptors (Lipinski definition) is 7. The normalized spacial score (nSPS) is 10.4. The van der Waals surface area contributed by atoms with E-state index in [0.29, 0.717) is 11.1 Å². The van der Waals surface area contributed by atoms with Crippen molar-refractivity contribution in [2.75, 3.05) is 0 Å². The molecule has 1 aromatic heterocycles. The Labute approximate surface area is 163 Å². The molecular formula is C18H12ClN3O6. The number of halogens is 1. The van der Waals surface area contributed by atoms with Crippen LogP contribution in [0.1, 0.15) is 5.56 Å². The van der Waals surface area contributed by atoms with Gasteiger partial charge in [-0.1, -0.05) is 35.9 Å². The van der Waals surface area contributed by atoms with Crippen molar-refractivity contribution in [3.63, 3.8) is 0 Å². The fraction of sp³-hybridized carbons (Fsp3) is 0.0556. The van der Waals surface area contributed by atoms with Crippen molar-refractivity contribution in [1.82, 2.24) is 9.97 Å². The van der Waals surface area contributed by atoms with Gasteiger partial charge in [-0.3, -0.25) is 10.1 Å². The molecule has 0 bridgehead atoms. The largest absolute Gasteiger partial charge is 0.511 e. The molecule has 0 unspecified atom stereocenters. The summed E-state index contributed by atoms with van der Waals surface area (Å²) in [5, 5.41) is 20.3. The van der Waals surface area contributed by atoms with Gasteiger partial charge in [-0.15, -0.1) is 0 Å². The second-order valence-electron chi connectivity index (χ2n) is 5.52. The van der Waals surface area contributed by atoms with Crippen LogP contribution in [0, 0.1) is 17.0 Å². The Balaban J connectivity index is 2.07. The summed E-state index contributed by atoms with van der Waals surface area (Å²) >= 11 is 6.06. The zero-order chi connectivity index (χ0) is 20.3. The molecule has 0 fully saturated rings. The van der Waals surface area contributed by atoms with Gasteiger partial charge in [0, 0.05) is 17.2 Å². The van der Waals surface area contributed by atoms with Crippen LogP contribution in [-0.4, -0.2) is 26.2 Å². The fourth-order valence-electron chi connectivity index (χ4n) is 2.31. The zero-order valence-electron chi connectivity index (χ0n) is 14.3. The molecule has 0 atom stereocenters. The van der Waals surface area contributed by atoms with E-state index in [-0.39, 0.29) is 33.9 Å². The average Bonchev–Trinajstić information content (AvgIpc) is 2.65. The Bertz CT molecular complexity index is 1070. The number of nitro groups is 1. The van der Waals surface area contributed by atoms with Gasteiger partial charge in [-0.05, 0) is 19.1 Å². The summed E-state index contributed by atoms with van der Waals surface area (Å²) in [7, 11) is 0. The van der Waals surface area contributed by atoms with Crippen LogP contribution >= 0.6 is 11.6 Å². The second-order valence-corrected chi connectivity index (χ2v) is 5.93. The standard InChI is InChI=1S/C18H12ClN3O6/c1-10-6-7-11(8-13(10)22(25)26)16-20-9-15(28-18(23)24)17(21-16)27-14-5-3-2-4-12(14)19/h2-9H,1H3,(H,23,24). The smallest absolute Gasteiger partial charge is 0.449 e. The van der Waals surface area contributed by atoms with Crippen molar-refractivity contribution in [3.8, 4) is 28.8 Å². The van der Waals surface area contributed by atoms with Gasteiger partial charge in [0.05, 0.1) is 16.1 Å². The number of nitrogens with zero attached hydrogens (tertiary/aromatic N) is 3. The van der Waals surface area contributed by atoms with Crippen LogP contribution in [-0.2, 0) is 0 Å². The maximum Gasteiger partial charge on any atom is 0.511 e. The first-order chi connectivity index (χ1) is 13.3. The van der Waals surface area contributed by atoms with Gasteiger partial charge < -0.3 is 14.6 Å². The highest BCUT2D eigenvalue weighted by Crippen LogP contribution is 2.35.